The minimum absolute atomic E-state index is 0.116. The average Bonchev–Trinajstić information content (AvgIpc) is 2.67. The van der Waals surface area contributed by atoms with Crippen molar-refractivity contribution in [2.24, 2.45) is 0 Å². The Labute approximate surface area is 121 Å². The van der Waals surface area contributed by atoms with Gasteiger partial charge in [-0.05, 0) is 30.4 Å². The fourth-order valence-corrected chi connectivity index (χ4v) is 2.92. The van der Waals surface area contributed by atoms with Crippen molar-refractivity contribution in [3.05, 3.63) is 65.0 Å². The molecule has 0 saturated heterocycles. The molecule has 3 rings (SSSR count). The normalized spacial score (nSPS) is 18.0. The van der Waals surface area contributed by atoms with Crippen LogP contribution in [-0.2, 0) is 6.42 Å². The summed E-state index contributed by atoms with van der Waals surface area (Å²) in [6.07, 6.45) is 3.85. The van der Waals surface area contributed by atoms with E-state index in [4.69, 9.17) is 0 Å². The zero-order valence-corrected chi connectivity index (χ0v) is 11.5. The van der Waals surface area contributed by atoms with E-state index in [9.17, 15) is 13.2 Å². The Hall–Kier alpha value is -1.97. The smallest absolute Gasteiger partial charge is 0.182 e. The molecule has 0 spiro atoms. The van der Waals surface area contributed by atoms with E-state index in [0.717, 1.165) is 37.3 Å². The highest BCUT2D eigenvalue weighted by Crippen LogP contribution is 2.32. The number of fused-ring (bicyclic) bond motifs is 1. The third kappa shape index (κ3) is 2.89. The van der Waals surface area contributed by atoms with Gasteiger partial charge in [0, 0.05) is 12.1 Å². The molecule has 0 heterocycles. The molecule has 1 aliphatic carbocycles. The van der Waals surface area contributed by atoms with Crippen LogP contribution in [0.25, 0.3) is 0 Å². The van der Waals surface area contributed by atoms with E-state index in [1.54, 1.807) is 0 Å². The summed E-state index contributed by atoms with van der Waals surface area (Å²) in [7, 11) is 0. The Kier molecular flexibility index (Phi) is 3.86. The fraction of sp³-hybridized carbons (Fsp3) is 0.294. The van der Waals surface area contributed by atoms with Gasteiger partial charge in [-0.3, -0.25) is 0 Å². The van der Waals surface area contributed by atoms with Crippen LogP contribution in [0.15, 0.2) is 36.4 Å². The second kappa shape index (κ2) is 5.80. The number of anilines is 1. The Morgan fingerprint density at radius 2 is 1.81 bits per heavy atom. The molecule has 1 atom stereocenters. The van der Waals surface area contributed by atoms with Gasteiger partial charge in [0.25, 0.3) is 0 Å². The zero-order valence-electron chi connectivity index (χ0n) is 11.5. The molecule has 0 bridgehead atoms. The van der Waals surface area contributed by atoms with Gasteiger partial charge in [0.2, 0.25) is 0 Å². The monoisotopic (exact) mass is 291 g/mol. The molecule has 4 heteroatoms. The Morgan fingerprint density at radius 1 is 1.00 bits per heavy atom. The van der Waals surface area contributed by atoms with Gasteiger partial charge in [0.05, 0.1) is 11.7 Å². The number of benzene rings is 2. The Bertz CT molecular complexity index is 654. The van der Waals surface area contributed by atoms with Crippen molar-refractivity contribution in [2.45, 2.75) is 31.7 Å². The van der Waals surface area contributed by atoms with Crippen molar-refractivity contribution >= 4 is 5.69 Å². The first kappa shape index (κ1) is 14.0. The van der Waals surface area contributed by atoms with E-state index in [-0.39, 0.29) is 11.7 Å². The summed E-state index contributed by atoms with van der Waals surface area (Å²) in [6, 6.07) is 9.39. The SMILES string of the molecule is Fc1cc(F)c(F)c(NC2CCCCc3ccccc32)c1. The van der Waals surface area contributed by atoms with Crippen molar-refractivity contribution in [1.82, 2.24) is 0 Å². The third-order valence-corrected chi connectivity index (χ3v) is 3.94. The van der Waals surface area contributed by atoms with Crippen LogP contribution in [0.5, 0.6) is 0 Å². The highest BCUT2D eigenvalue weighted by molar-refractivity contribution is 5.49. The minimum Gasteiger partial charge on any atom is -0.376 e. The van der Waals surface area contributed by atoms with E-state index >= 15 is 0 Å². The Balaban J connectivity index is 1.95. The molecule has 0 radical (unpaired) electrons. The maximum Gasteiger partial charge on any atom is 0.182 e. The van der Waals surface area contributed by atoms with E-state index < -0.39 is 17.5 Å². The summed E-state index contributed by atoms with van der Waals surface area (Å²) in [4.78, 5) is 0. The Morgan fingerprint density at radius 3 is 2.67 bits per heavy atom. The molecule has 2 aromatic rings. The van der Waals surface area contributed by atoms with Crippen LogP contribution in [0.4, 0.5) is 18.9 Å². The van der Waals surface area contributed by atoms with Gasteiger partial charge in [0.15, 0.2) is 11.6 Å². The largest absolute Gasteiger partial charge is 0.376 e. The number of halogens is 3. The molecule has 1 nitrogen and oxygen atoms in total. The van der Waals surface area contributed by atoms with Crippen molar-refractivity contribution < 1.29 is 13.2 Å². The summed E-state index contributed by atoms with van der Waals surface area (Å²) >= 11 is 0. The standard InChI is InChI=1S/C17H16F3N/c18-12-9-14(19)17(20)16(10-12)21-15-8-4-2-6-11-5-1-3-7-13(11)15/h1,3,5,7,9-10,15,21H,2,4,6,8H2. The zero-order chi connectivity index (χ0) is 14.8. The van der Waals surface area contributed by atoms with E-state index in [1.165, 1.54) is 5.56 Å². The molecule has 1 unspecified atom stereocenters. The highest BCUT2D eigenvalue weighted by Gasteiger charge is 2.20. The molecule has 110 valence electrons. The molecule has 0 amide bonds. The molecule has 1 N–H and O–H groups in total. The number of hydrogen-bond acceptors (Lipinski definition) is 1. The highest BCUT2D eigenvalue weighted by atomic mass is 19.2. The third-order valence-electron chi connectivity index (χ3n) is 3.94. The van der Waals surface area contributed by atoms with Crippen LogP contribution in [-0.4, -0.2) is 0 Å². The summed E-state index contributed by atoms with van der Waals surface area (Å²) in [6.45, 7) is 0. The first-order valence-electron chi connectivity index (χ1n) is 7.14. The summed E-state index contributed by atoms with van der Waals surface area (Å²) < 4.78 is 40.4. The number of aryl methyl sites for hydroxylation is 1. The number of hydrogen-bond donors (Lipinski definition) is 1. The number of nitrogens with one attached hydrogen (secondary N) is 1. The van der Waals surface area contributed by atoms with E-state index in [0.29, 0.717) is 6.07 Å². The molecule has 0 saturated carbocycles. The van der Waals surface area contributed by atoms with Crippen LogP contribution in [0.1, 0.15) is 36.4 Å². The molecule has 2 aromatic carbocycles. The summed E-state index contributed by atoms with van der Waals surface area (Å²) in [5.74, 6) is -2.98. The molecule has 0 aliphatic heterocycles. The van der Waals surface area contributed by atoms with Crippen LogP contribution in [0.2, 0.25) is 0 Å². The average molecular weight is 291 g/mol. The second-order valence-electron chi connectivity index (χ2n) is 5.39. The minimum atomic E-state index is -1.17. The molecule has 0 fully saturated rings. The van der Waals surface area contributed by atoms with Crippen LogP contribution < -0.4 is 5.32 Å². The van der Waals surface area contributed by atoms with Gasteiger partial charge < -0.3 is 5.32 Å². The quantitative estimate of drug-likeness (QED) is 0.607. The van der Waals surface area contributed by atoms with Gasteiger partial charge in [-0.15, -0.1) is 0 Å². The van der Waals surface area contributed by atoms with E-state index in [2.05, 4.69) is 11.4 Å². The lowest BCUT2D eigenvalue weighted by molar-refractivity contribution is 0.495. The molecule has 1 aliphatic rings. The maximum atomic E-state index is 13.8. The van der Waals surface area contributed by atoms with Crippen molar-refractivity contribution in [1.29, 1.82) is 0 Å². The van der Waals surface area contributed by atoms with Gasteiger partial charge in [0.1, 0.15) is 5.82 Å². The van der Waals surface area contributed by atoms with Crippen LogP contribution >= 0.6 is 0 Å². The second-order valence-corrected chi connectivity index (χ2v) is 5.39. The predicted molar refractivity (Wildman–Crippen MR) is 76.7 cm³/mol. The lowest BCUT2D eigenvalue weighted by atomic mass is 9.99. The van der Waals surface area contributed by atoms with Gasteiger partial charge >= 0.3 is 0 Å². The van der Waals surface area contributed by atoms with Crippen molar-refractivity contribution in [3.63, 3.8) is 0 Å². The first-order valence-corrected chi connectivity index (χ1v) is 7.14. The molecular formula is C17H16F3N. The molecule has 21 heavy (non-hydrogen) atoms. The van der Waals surface area contributed by atoms with Gasteiger partial charge in [-0.25, -0.2) is 13.2 Å². The van der Waals surface area contributed by atoms with E-state index in [1.807, 2.05) is 18.2 Å². The van der Waals surface area contributed by atoms with Gasteiger partial charge in [-0.1, -0.05) is 30.7 Å². The lowest BCUT2D eigenvalue weighted by Gasteiger charge is -2.21. The maximum absolute atomic E-state index is 13.8. The first-order chi connectivity index (χ1) is 10.1. The fourth-order valence-electron chi connectivity index (χ4n) is 2.92. The molecular weight excluding hydrogens is 275 g/mol. The van der Waals surface area contributed by atoms with Gasteiger partial charge in [-0.2, -0.15) is 0 Å². The van der Waals surface area contributed by atoms with Crippen molar-refractivity contribution in [2.75, 3.05) is 5.32 Å². The summed E-state index contributed by atoms with van der Waals surface area (Å²) in [5, 5.41) is 2.97. The van der Waals surface area contributed by atoms with Crippen LogP contribution in [0.3, 0.4) is 0 Å². The topological polar surface area (TPSA) is 12.0 Å². The number of rotatable bonds is 2. The predicted octanol–water partition coefficient (Wildman–Crippen LogP) is 4.98. The summed E-state index contributed by atoms with van der Waals surface area (Å²) in [5.41, 5.74) is 2.18. The molecule has 0 aromatic heterocycles. The lowest BCUT2D eigenvalue weighted by Crippen LogP contribution is -2.13. The van der Waals surface area contributed by atoms with Crippen molar-refractivity contribution in [3.8, 4) is 0 Å². The van der Waals surface area contributed by atoms with Crippen LogP contribution in [0, 0.1) is 17.5 Å².